The van der Waals surface area contributed by atoms with E-state index in [1.54, 1.807) is 11.0 Å². The topological polar surface area (TPSA) is 75.7 Å². The van der Waals surface area contributed by atoms with Gasteiger partial charge < -0.3 is 9.64 Å². The number of sulfonamides is 1. The van der Waals surface area contributed by atoms with E-state index in [9.17, 15) is 13.2 Å². The van der Waals surface area contributed by atoms with Crippen LogP contribution in [-0.2, 0) is 10.0 Å². The van der Waals surface area contributed by atoms with E-state index < -0.39 is 16.1 Å². The molecular formula is C22H28N2O4S. The summed E-state index contributed by atoms with van der Waals surface area (Å²) in [5.41, 5.74) is 3.29. The SMILES string of the molecule is COc1ccc(S(=O)(=O)N[C@@H](C)c2cc(C)ccc2C)cc1C(=O)N1CCCC1. The zero-order valence-electron chi connectivity index (χ0n) is 17.4. The highest BCUT2D eigenvalue weighted by Gasteiger charge is 2.26. The number of carbonyl (C=O) groups excluding carboxylic acids is 1. The number of hydrogen-bond acceptors (Lipinski definition) is 4. The molecule has 0 unspecified atom stereocenters. The van der Waals surface area contributed by atoms with Gasteiger partial charge in [0.2, 0.25) is 10.0 Å². The summed E-state index contributed by atoms with van der Waals surface area (Å²) in [5, 5.41) is 0. The smallest absolute Gasteiger partial charge is 0.257 e. The Morgan fingerprint density at radius 3 is 2.45 bits per heavy atom. The van der Waals surface area contributed by atoms with E-state index in [-0.39, 0.29) is 16.4 Å². The zero-order chi connectivity index (χ0) is 21.2. The number of ether oxygens (including phenoxy) is 1. The Labute approximate surface area is 172 Å². The van der Waals surface area contributed by atoms with Crippen LogP contribution >= 0.6 is 0 Å². The Balaban J connectivity index is 1.91. The average Bonchev–Trinajstić information content (AvgIpc) is 3.23. The lowest BCUT2D eigenvalue weighted by Gasteiger charge is -2.20. The van der Waals surface area contributed by atoms with E-state index in [0.717, 1.165) is 29.5 Å². The molecule has 6 nitrogen and oxygen atoms in total. The summed E-state index contributed by atoms with van der Waals surface area (Å²) in [6, 6.07) is 9.99. The third-order valence-corrected chi connectivity index (χ3v) is 6.88. The van der Waals surface area contributed by atoms with Crippen LogP contribution in [0, 0.1) is 13.8 Å². The van der Waals surface area contributed by atoms with E-state index in [1.807, 2.05) is 39.0 Å². The number of rotatable bonds is 6. The number of nitrogens with one attached hydrogen (secondary N) is 1. The van der Waals surface area contributed by atoms with Crippen molar-refractivity contribution in [2.24, 2.45) is 0 Å². The first-order chi connectivity index (χ1) is 13.7. The first-order valence-electron chi connectivity index (χ1n) is 9.79. The lowest BCUT2D eigenvalue weighted by Crippen LogP contribution is -2.30. The van der Waals surface area contributed by atoms with Gasteiger partial charge in [-0.3, -0.25) is 4.79 Å². The molecule has 1 N–H and O–H groups in total. The van der Waals surface area contributed by atoms with Crippen LogP contribution in [0.4, 0.5) is 0 Å². The lowest BCUT2D eigenvalue weighted by atomic mass is 10.0. The van der Waals surface area contributed by atoms with Crippen LogP contribution in [0.5, 0.6) is 5.75 Å². The Morgan fingerprint density at radius 2 is 1.79 bits per heavy atom. The van der Waals surface area contributed by atoms with Crippen LogP contribution in [0.3, 0.4) is 0 Å². The highest BCUT2D eigenvalue weighted by atomic mass is 32.2. The predicted molar refractivity (Wildman–Crippen MR) is 113 cm³/mol. The first-order valence-corrected chi connectivity index (χ1v) is 11.3. The van der Waals surface area contributed by atoms with Crippen LogP contribution in [0.15, 0.2) is 41.3 Å². The molecule has 1 aliphatic heterocycles. The maximum absolute atomic E-state index is 13.0. The van der Waals surface area contributed by atoms with Crippen LogP contribution in [0.2, 0.25) is 0 Å². The van der Waals surface area contributed by atoms with E-state index in [1.165, 1.54) is 19.2 Å². The number of benzene rings is 2. The second kappa shape index (κ2) is 8.55. The van der Waals surface area contributed by atoms with Crippen molar-refractivity contribution in [2.75, 3.05) is 20.2 Å². The molecule has 1 saturated heterocycles. The summed E-state index contributed by atoms with van der Waals surface area (Å²) in [4.78, 5) is 14.7. The van der Waals surface area contributed by atoms with Crippen molar-refractivity contribution in [1.82, 2.24) is 9.62 Å². The summed E-state index contributed by atoms with van der Waals surface area (Å²) in [6.07, 6.45) is 1.92. The lowest BCUT2D eigenvalue weighted by molar-refractivity contribution is 0.0789. The third-order valence-electron chi connectivity index (χ3n) is 5.34. The van der Waals surface area contributed by atoms with Crippen LogP contribution in [0.1, 0.15) is 52.9 Å². The Kier molecular flexibility index (Phi) is 6.29. The Hall–Kier alpha value is -2.38. The van der Waals surface area contributed by atoms with E-state index in [2.05, 4.69) is 4.72 Å². The normalized spacial score (nSPS) is 15.4. The number of carbonyl (C=O) groups is 1. The molecule has 29 heavy (non-hydrogen) atoms. The standard InChI is InChI=1S/C22H28N2O4S/c1-15-7-8-16(2)19(13-15)17(3)23-29(26,27)18-9-10-21(28-4)20(14-18)22(25)24-11-5-6-12-24/h7-10,13-14,17,23H,5-6,11-12H2,1-4H3/t17-/m0/s1. The fraction of sp³-hybridized carbons (Fsp3) is 0.409. The predicted octanol–water partition coefficient (Wildman–Crippen LogP) is 3.59. The number of methoxy groups -OCH3 is 1. The van der Waals surface area contributed by atoms with Crippen molar-refractivity contribution >= 4 is 15.9 Å². The summed E-state index contributed by atoms with van der Waals surface area (Å²) < 4.78 is 34.1. The average molecular weight is 417 g/mol. The van der Waals surface area contributed by atoms with Gasteiger partial charge in [0, 0.05) is 19.1 Å². The van der Waals surface area contributed by atoms with Gasteiger partial charge in [0.05, 0.1) is 17.6 Å². The molecule has 3 rings (SSSR count). The molecule has 0 aliphatic carbocycles. The second-order valence-electron chi connectivity index (χ2n) is 7.56. The molecule has 156 valence electrons. The third kappa shape index (κ3) is 4.62. The fourth-order valence-corrected chi connectivity index (χ4v) is 4.95. The molecular weight excluding hydrogens is 388 g/mol. The molecule has 1 atom stereocenters. The van der Waals surface area contributed by atoms with Gasteiger partial charge in [-0.1, -0.05) is 23.8 Å². The quantitative estimate of drug-likeness (QED) is 0.781. The summed E-state index contributed by atoms with van der Waals surface area (Å²) in [6.45, 7) is 7.12. The van der Waals surface area contributed by atoms with Gasteiger partial charge in [0.25, 0.3) is 5.91 Å². The van der Waals surface area contributed by atoms with Gasteiger partial charge in [-0.25, -0.2) is 13.1 Å². The first kappa shape index (κ1) is 21.3. The molecule has 0 spiro atoms. The maximum atomic E-state index is 13.0. The van der Waals surface area contributed by atoms with Crippen LogP contribution < -0.4 is 9.46 Å². The molecule has 1 amide bonds. The van der Waals surface area contributed by atoms with Crippen molar-refractivity contribution < 1.29 is 17.9 Å². The molecule has 1 heterocycles. The second-order valence-corrected chi connectivity index (χ2v) is 9.28. The van der Waals surface area contributed by atoms with Gasteiger partial charge in [-0.05, 0) is 62.9 Å². The van der Waals surface area contributed by atoms with Gasteiger partial charge in [-0.15, -0.1) is 0 Å². The zero-order valence-corrected chi connectivity index (χ0v) is 18.2. The van der Waals surface area contributed by atoms with Crippen molar-refractivity contribution in [3.8, 4) is 5.75 Å². The minimum Gasteiger partial charge on any atom is -0.496 e. The number of hydrogen-bond donors (Lipinski definition) is 1. The summed E-state index contributed by atoms with van der Waals surface area (Å²) in [5.74, 6) is 0.183. The molecule has 2 aromatic rings. The highest BCUT2D eigenvalue weighted by molar-refractivity contribution is 7.89. The van der Waals surface area contributed by atoms with Gasteiger partial charge in [-0.2, -0.15) is 0 Å². The number of nitrogens with zero attached hydrogens (tertiary/aromatic N) is 1. The Bertz CT molecular complexity index is 1010. The van der Waals surface area contributed by atoms with E-state index >= 15 is 0 Å². The Morgan fingerprint density at radius 1 is 1.10 bits per heavy atom. The van der Waals surface area contributed by atoms with Gasteiger partial charge in [0.1, 0.15) is 5.75 Å². The van der Waals surface area contributed by atoms with Crippen molar-refractivity contribution in [3.63, 3.8) is 0 Å². The van der Waals surface area contributed by atoms with Gasteiger partial charge >= 0.3 is 0 Å². The van der Waals surface area contributed by atoms with E-state index in [4.69, 9.17) is 4.74 Å². The van der Waals surface area contributed by atoms with Crippen molar-refractivity contribution in [3.05, 3.63) is 58.7 Å². The molecule has 7 heteroatoms. The minimum absolute atomic E-state index is 0.0537. The van der Waals surface area contributed by atoms with Crippen molar-refractivity contribution in [1.29, 1.82) is 0 Å². The molecule has 1 fully saturated rings. The molecule has 1 aliphatic rings. The van der Waals surface area contributed by atoms with Gasteiger partial charge in [0.15, 0.2) is 0 Å². The fourth-order valence-electron chi connectivity index (χ4n) is 3.70. The van der Waals surface area contributed by atoms with E-state index in [0.29, 0.717) is 18.8 Å². The van der Waals surface area contributed by atoms with Crippen LogP contribution in [0.25, 0.3) is 0 Å². The summed E-state index contributed by atoms with van der Waals surface area (Å²) in [7, 11) is -2.34. The summed E-state index contributed by atoms with van der Waals surface area (Å²) >= 11 is 0. The molecule has 2 aromatic carbocycles. The highest BCUT2D eigenvalue weighted by Crippen LogP contribution is 2.27. The monoisotopic (exact) mass is 416 g/mol. The molecule has 0 aromatic heterocycles. The molecule has 0 bridgehead atoms. The minimum atomic E-state index is -3.82. The largest absolute Gasteiger partial charge is 0.496 e. The number of likely N-dealkylation sites (tertiary alicyclic amines) is 1. The van der Waals surface area contributed by atoms with Crippen LogP contribution in [-0.4, -0.2) is 39.4 Å². The van der Waals surface area contributed by atoms with Crippen molar-refractivity contribution in [2.45, 2.75) is 44.6 Å². The maximum Gasteiger partial charge on any atom is 0.257 e. The molecule has 0 radical (unpaired) electrons. The molecule has 0 saturated carbocycles. The number of aryl methyl sites for hydroxylation is 2. The number of amides is 1.